The van der Waals surface area contributed by atoms with Gasteiger partial charge in [-0.05, 0) is 86.8 Å². The number of aryl methyl sites for hydroxylation is 1. The van der Waals surface area contributed by atoms with Crippen LogP contribution in [0, 0.1) is 6.92 Å². The molecule has 4 aromatic rings. The first-order valence-electron chi connectivity index (χ1n) is 11.9. The molecule has 8 heteroatoms. The maximum atomic E-state index is 13.2. The van der Waals surface area contributed by atoms with Crippen LogP contribution < -0.4 is 4.18 Å². The van der Waals surface area contributed by atoms with Gasteiger partial charge in [-0.2, -0.15) is 8.42 Å². The lowest BCUT2D eigenvalue weighted by molar-refractivity contribution is 0.0953. The fourth-order valence-corrected chi connectivity index (χ4v) is 6.30. The van der Waals surface area contributed by atoms with E-state index in [-0.39, 0.29) is 21.1 Å². The summed E-state index contributed by atoms with van der Waals surface area (Å²) < 4.78 is 55.6. The van der Waals surface area contributed by atoms with Crippen molar-refractivity contribution in [2.24, 2.45) is 0 Å². The van der Waals surface area contributed by atoms with Crippen molar-refractivity contribution in [2.45, 2.75) is 41.7 Å². The lowest BCUT2D eigenvalue weighted by atomic mass is 10.0. The lowest BCUT2D eigenvalue weighted by Crippen LogP contribution is -2.40. The summed E-state index contributed by atoms with van der Waals surface area (Å²) >= 11 is 0. The monoisotopic (exact) mass is 548 g/mol. The third kappa shape index (κ3) is 5.71. The van der Waals surface area contributed by atoms with Crippen molar-refractivity contribution in [3.63, 3.8) is 0 Å². The first-order valence-corrected chi connectivity index (χ1v) is 14.8. The molecule has 0 unspecified atom stereocenters. The first kappa shape index (κ1) is 27.3. The van der Waals surface area contributed by atoms with E-state index in [1.54, 1.807) is 36.4 Å². The Hall–Kier alpha value is -3.75. The van der Waals surface area contributed by atoms with Crippen LogP contribution in [0.25, 0.3) is 0 Å². The molecule has 0 atom stereocenters. The Morgan fingerprint density at radius 1 is 0.684 bits per heavy atom. The molecule has 0 saturated carbocycles. The molecule has 196 valence electrons. The van der Waals surface area contributed by atoms with E-state index in [9.17, 15) is 21.6 Å². The molecular weight excluding hydrogens is 520 g/mol. The quantitative estimate of drug-likeness (QED) is 0.194. The van der Waals surface area contributed by atoms with E-state index in [0.717, 1.165) is 16.7 Å². The number of ketones is 1. The molecule has 0 spiro atoms. The van der Waals surface area contributed by atoms with Crippen molar-refractivity contribution in [1.82, 2.24) is 0 Å². The van der Waals surface area contributed by atoms with Crippen LogP contribution in [0.3, 0.4) is 0 Å². The summed E-state index contributed by atoms with van der Waals surface area (Å²) in [7, 11) is -8.17. The molecule has 38 heavy (non-hydrogen) atoms. The molecule has 0 saturated heterocycles. The highest BCUT2D eigenvalue weighted by atomic mass is 32.2. The fourth-order valence-electron chi connectivity index (χ4n) is 3.92. The summed E-state index contributed by atoms with van der Waals surface area (Å²) in [6.45, 7) is 4.53. The normalized spacial score (nSPS) is 12.2. The summed E-state index contributed by atoms with van der Waals surface area (Å²) in [5.41, 5.74) is 3.12. The molecule has 0 aliphatic carbocycles. The van der Waals surface area contributed by atoms with Crippen LogP contribution in [-0.4, -0.2) is 27.4 Å². The van der Waals surface area contributed by atoms with Gasteiger partial charge < -0.3 is 4.18 Å². The Morgan fingerprint density at radius 2 is 1.21 bits per heavy atom. The second-order valence-corrected chi connectivity index (χ2v) is 13.6. The SMILES string of the molecule is Cc1ccc(S(=O)(=O)C(C)(C)C(=O)c2ccc(S(=O)(=O)Oc3ccc(Cc4ccccc4)cc3)cc2)cc1. The van der Waals surface area contributed by atoms with Gasteiger partial charge in [-0.15, -0.1) is 0 Å². The van der Waals surface area contributed by atoms with Crippen LogP contribution in [0.1, 0.15) is 40.9 Å². The summed E-state index contributed by atoms with van der Waals surface area (Å²) in [5.74, 6) is -0.482. The summed E-state index contributed by atoms with van der Waals surface area (Å²) in [6.07, 6.45) is 0.708. The van der Waals surface area contributed by atoms with Gasteiger partial charge in [0.15, 0.2) is 15.6 Å². The number of Topliss-reactive ketones (excluding diaryl/α,β-unsaturated/α-hetero) is 1. The zero-order valence-electron chi connectivity index (χ0n) is 21.3. The van der Waals surface area contributed by atoms with Crippen LogP contribution in [0.15, 0.2) is 113 Å². The van der Waals surface area contributed by atoms with Gasteiger partial charge in [0, 0.05) is 5.56 Å². The zero-order chi connectivity index (χ0) is 27.6. The number of sulfone groups is 1. The van der Waals surface area contributed by atoms with Gasteiger partial charge in [0.25, 0.3) is 0 Å². The molecule has 0 aliphatic rings. The number of hydrogen-bond donors (Lipinski definition) is 0. The van der Waals surface area contributed by atoms with Crippen molar-refractivity contribution in [2.75, 3.05) is 0 Å². The average molecular weight is 549 g/mol. The van der Waals surface area contributed by atoms with Gasteiger partial charge in [-0.3, -0.25) is 4.79 Å². The smallest absolute Gasteiger partial charge is 0.339 e. The molecular formula is C30H28O6S2. The largest absolute Gasteiger partial charge is 0.379 e. The number of benzene rings is 4. The molecule has 0 N–H and O–H groups in total. The van der Waals surface area contributed by atoms with Gasteiger partial charge >= 0.3 is 10.1 Å². The summed E-state index contributed by atoms with van der Waals surface area (Å²) in [4.78, 5) is 13.1. The summed E-state index contributed by atoms with van der Waals surface area (Å²) in [6, 6.07) is 28.0. The second-order valence-electron chi connectivity index (χ2n) is 9.52. The molecule has 0 radical (unpaired) electrons. The highest BCUT2D eigenvalue weighted by Gasteiger charge is 2.43. The van der Waals surface area contributed by atoms with Gasteiger partial charge in [-0.1, -0.05) is 60.2 Å². The van der Waals surface area contributed by atoms with Crippen LogP contribution in [-0.2, 0) is 26.4 Å². The molecule has 0 aromatic heterocycles. The standard InChI is InChI=1S/C30H28O6S2/c1-22-9-17-27(18-10-22)37(32,33)30(2,3)29(31)25-13-19-28(20-14-25)38(34,35)36-26-15-11-24(12-16-26)21-23-7-5-4-6-8-23/h4-20H,21H2,1-3H3. The summed E-state index contributed by atoms with van der Waals surface area (Å²) in [5, 5.41) is 0. The maximum Gasteiger partial charge on any atom is 0.339 e. The van der Waals surface area contributed by atoms with Crippen LogP contribution in [0.5, 0.6) is 5.75 Å². The van der Waals surface area contributed by atoms with Gasteiger partial charge in [0.1, 0.15) is 15.4 Å². The highest BCUT2D eigenvalue weighted by Crippen LogP contribution is 2.30. The Balaban J connectivity index is 1.49. The van der Waals surface area contributed by atoms with Crippen molar-refractivity contribution >= 4 is 25.7 Å². The fraction of sp³-hybridized carbons (Fsp3) is 0.167. The zero-order valence-corrected chi connectivity index (χ0v) is 22.9. The first-order chi connectivity index (χ1) is 17.9. The van der Waals surface area contributed by atoms with Crippen LogP contribution in [0.2, 0.25) is 0 Å². The molecule has 4 rings (SSSR count). The van der Waals surface area contributed by atoms with Crippen molar-refractivity contribution in [3.8, 4) is 5.75 Å². The predicted octanol–water partition coefficient (Wildman–Crippen LogP) is 5.79. The maximum absolute atomic E-state index is 13.2. The van der Waals surface area contributed by atoms with Gasteiger partial charge in [-0.25, -0.2) is 8.42 Å². The number of carbonyl (C=O) groups excluding carboxylic acids is 1. The minimum Gasteiger partial charge on any atom is -0.379 e. The Bertz CT molecular complexity index is 1640. The van der Waals surface area contributed by atoms with Crippen molar-refractivity contribution in [1.29, 1.82) is 0 Å². The lowest BCUT2D eigenvalue weighted by Gasteiger charge is -2.23. The third-order valence-corrected chi connectivity index (χ3v) is 10.0. The average Bonchev–Trinajstić information content (AvgIpc) is 2.90. The van der Waals surface area contributed by atoms with E-state index in [1.165, 1.54) is 50.2 Å². The Kier molecular flexibility index (Phi) is 7.58. The van der Waals surface area contributed by atoms with Crippen LogP contribution >= 0.6 is 0 Å². The van der Waals surface area contributed by atoms with Gasteiger partial charge in [0.05, 0.1) is 4.90 Å². The molecule has 0 aliphatic heterocycles. The van der Waals surface area contributed by atoms with E-state index in [4.69, 9.17) is 4.18 Å². The molecule has 0 bridgehead atoms. The van der Waals surface area contributed by atoms with E-state index >= 15 is 0 Å². The number of rotatable bonds is 9. The van der Waals surface area contributed by atoms with Crippen LogP contribution in [0.4, 0.5) is 0 Å². The van der Waals surface area contributed by atoms with E-state index in [1.807, 2.05) is 37.3 Å². The number of hydrogen-bond acceptors (Lipinski definition) is 6. The van der Waals surface area contributed by atoms with E-state index in [2.05, 4.69) is 0 Å². The predicted molar refractivity (Wildman–Crippen MR) is 147 cm³/mol. The number of carbonyl (C=O) groups is 1. The molecule has 0 heterocycles. The molecule has 0 fully saturated rings. The highest BCUT2D eigenvalue weighted by molar-refractivity contribution is 7.93. The third-order valence-electron chi connectivity index (χ3n) is 6.34. The van der Waals surface area contributed by atoms with Crippen molar-refractivity contribution in [3.05, 3.63) is 125 Å². The molecule has 0 amide bonds. The van der Waals surface area contributed by atoms with E-state index in [0.29, 0.717) is 6.42 Å². The Morgan fingerprint density at radius 3 is 1.79 bits per heavy atom. The van der Waals surface area contributed by atoms with Gasteiger partial charge in [0.2, 0.25) is 0 Å². The minimum absolute atomic E-state index is 0.0452. The Labute approximate surface area is 224 Å². The molecule has 6 nitrogen and oxygen atoms in total. The minimum atomic E-state index is -4.17. The molecule has 4 aromatic carbocycles. The topological polar surface area (TPSA) is 94.6 Å². The van der Waals surface area contributed by atoms with E-state index < -0.39 is 30.5 Å². The second kappa shape index (κ2) is 10.6. The van der Waals surface area contributed by atoms with Crippen molar-refractivity contribution < 1.29 is 25.8 Å².